The Morgan fingerprint density at radius 1 is 1.42 bits per heavy atom. The summed E-state index contributed by atoms with van der Waals surface area (Å²) < 4.78 is 5.38. The minimum atomic E-state index is -0.377. The summed E-state index contributed by atoms with van der Waals surface area (Å²) in [7, 11) is 1.60. The lowest BCUT2D eigenvalue weighted by molar-refractivity contribution is -0.132. The number of amides is 1. The molecule has 5 nitrogen and oxygen atoms in total. The van der Waals surface area contributed by atoms with Crippen molar-refractivity contribution in [3.8, 4) is 0 Å². The molecule has 1 heterocycles. The van der Waals surface area contributed by atoms with Gasteiger partial charge in [0.05, 0.1) is 6.10 Å². The lowest BCUT2D eigenvalue weighted by atomic mass is 10.0. The van der Waals surface area contributed by atoms with Crippen LogP contribution >= 0.6 is 0 Å². The van der Waals surface area contributed by atoms with Crippen LogP contribution in [-0.2, 0) is 9.53 Å². The SMILES string of the molecule is CCC(C)/C=C/CCCC(OC)C(=O)NC1CCCC(O)CNC1. The molecule has 1 aliphatic heterocycles. The van der Waals surface area contributed by atoms with Gasteiger partial charge in [-0.2, -0.15) is 0 Å². The Morgan fingerprint density at radius 3 is 2.92 bits per heavy atom. The quantitative estimate of drug-likeness (QED) is 0.445. The van der Waals surface area contributed by atoms with Gasteiger partial charge in [0.2, 0.25) is 5.91 Å². The van der Waals surface area contributed by atoms with Crippen molar-refractivity contribution in [1.29, 1.82) is 0 Å². The van der Waals surface area contributed by atoms with E-state index in [0.717, 1.165) is 44.9 Å². The molecule has 5 heteroatoms. The van der Waals surface area contributed by atoms with Crippen molar-refractivity contribution >= 4 is 5.91 Å². The van der Waals surface area contributed by atoms with Crippen molar-refractivity contribution in [3.63, 3.8) is 0 Å². The molecule has 0 saturated carbocycles. The van der Waals surface area contributed by atoms with Crippen molar-refractivity contribution < 1.29 is 14.6 Å². The monoisotopic (exact) mass is 340 g/mol. The first-order valence-corrected chi connectivity index (χ1v) is 9.45. The molecule has 140 valence electrons. The van der Waals surface area contributed by atoms with E-state index in [4.69, 9.17) is 4.74 Å². The normalized spacial score (nSPS) is 25.0. The number of hydrogen-bond acceptors (Lipinski definition) is 4. The molecule has 3 N–H and O–H groups in total. The van der Waals surface area contributed by atoms with Crippen LogP contribution in [0.4, 0.5) is 0 Å². The number of methoxy groups -OCH3 is 1. The maximum Gasteiger partial charge on any atom is 0.249 e. The topological polar surface area (TPSA) is 70.6 Å². The summed E-state index contributed by atoms with van der Waals surface area (Å²) in [5.74, 6) is 0.605. The molecule has 4 atom stereocenters. The highest BCUT2D eigenvalue weighted by atomic mass is 16.5. The number of nitrogens with one attached hydrogen (secondary N) is 2. The van der Waals surface area contributed by atoms with Crippen LogP contribution in [0.5, 0.6) is 0 Å². The number of unbranched alkanes of at least 4 members (excludes halogenated alkanes) is 1. The standard InChI is InChI=1S/C19H36N2O3/c1-4-15(2)9-6-5-7-12-18(24-3)19(23)21-16-10-8-11-17(22)14-20-13-16/h6,9,15-18,20,22H,4-5,7-8,10-14H2,1-3H3,(H,21,23)/b9-6+. The Bertz CT molecular complexity index is 364. The zero-order valence-electron chi connectivity index (χ0n) is 15.6. The molecule has 4 unspecified atom stereocenters. The molecule has 1 saturated heterocycles. The predicted molar refractivity (Wildman–Crippen MR) is 97.9 cm³/mol. The van der Waals surface area contributed by atoms with Gasteiger partial charge < -0.3 is 20.5 Å². The lowest BCUT2D eigenvalue weighted by Gasteiger charge is -2.25. The zero-order valence-corrected chi connectivity index (χ0v) is 15.6. The van der Waals surface area contributed by atoms with Crippen LogP contribution in [0.1, 0.15) is 58.8 Å². The number of allylic oxidation sites excluding steroid dienone is 2. The lowest BCUT2D eigenvalue weighted by Crippen LogP contribution is -2.48. The van der Waals surface area contributed by atoms with E-state index in [1.54, 1.807) is 7.11 Å². The van der Waals surface area contributed by atoms with Gasteiger partial charge in [0, 0.05) is 26.2 Å². The highest BCUT2D eigenvalue weighted by Crippen LogP contribution is 2.10. The van der Waals surface area contributed by atoms with Crippen molar-refractivity contribution in [2.45, 2.75) is 77.0 Å². The molecule has 1 amide bonds. The number of aliphatic hydroxyl groups excluding tert-OH is 1. The first kappa shape index (κ1) is 21.1. The van der Waals surface area contributed by atoms with Gasteiger partial charge in [0.25, 0.3) is 0 Å². The van der Waals surface area contributed by atoms with Crippen LogP contribution in [0.25, 0.3) is 0 Å². The van der Waals surface area contributed by atoms with Gasteiger partial charge in [-0.05, 0) is 44.4 Å². The molecule has 0 aliphatic carbocycles. The minimum absolute atomic E-state index is 0.0173. The van der Waals surface area contributed by atoms with Crippen molar-refractivity contribution in [3.05, 3.63) is 12.2 Å². The molecule has 1 aliphatic rings. The van der Waals surface area contributed by atoms with E-state index in [9.17, 15) is 9.90 Å². The number of rotatable bonds is 9. The van der Waals surface area contributed by atoms with Gasteiger partial charge in [-0.1, -0.05) is 32.4 Å². The molecule has 0 aromatic rings. The fourth-order valence-electron chi connectivity index (χ4n) is 2.89. The van der Waals surface area contributed by atoms with Crippen molar-refractivity contribution in [2.75, 3.05) is 20.2 Å². The Kier molecular flexibility index (Phi) is 11.0. The molecule has 0 aromatic heterocycles. The largest absolute Gasteiger partial charge is 0.392 e. The number of carbonyl (C=O) groups is 1. The average Bonchev–Trinajstić information content (AvgIpc) is 2.55. The summed E-state index contributed by atoms with van der Waals surface area (Å²) >= 11 is 0. The first-order valence-electron chi connectivity index (χ1n) is 9.45. The van der Waals surface area contributed by atoms with Gasteiger partial charge in [-0.3, -0.25) is 4.79 Å². The number of β-amino-alcohol motifs (C(OH)–C–C–N with tert-alkyl or cyclic N) is 1. The molecular weight excluding hydrogens is 304 g/mol. The summed E-state index contributed by atoms with van der Waals surface area (Å²) in [6, 6.07) is 0.118. The molecular formula is C19H36N2O3. The minimum Gasteiger partial charge on any atom is -0.392 e. The van der Waals surface area contributed by atoms with E-state index >= 15 is 0 Å². The second-order valence-corrected chi connectivity index (χ2v) is 6.92. The number of aliphatic hydroxyl groups is 1. The van der Waals surface area contributed by atoms with E-state index in [-0.39, 0.29) is 24.2 Å². The molecule has 1 fully saturated rings. The smallest absolute Gasteiger partial charge is 0.249 e. The Balaban J connectivity index is 2.30. The molecule has 0 radical (unpaired) electrons. The average molecular weight is 341 g/mol. The van der Waals surface area contributed by atoms with Gasteiger partial charge in [-0.25, -0.2) is 0 Å². The Morgan fingerprint density at radius 2 is 2.21 bits per heavy atom. The maximum atomic E-state index is 12.4. The summed E-state index contributed by atoms with van der Waals surface area (Å²) in [6.07, 6.45) is 10.3. The number of ether oxygens (including phenoxy) is 1. The van der Waals surface area contributed by atoms with Crippen LogP contribution in [0.3, 0.4) is 0 Å². The molecule has 0 bridgehead atoms. The molecule has 24 heavy (non-hydrogen) atoms. The summed E-state index contributed by atoms with van der Waals surface area (Å²) in [5, 5.41) is 15.9. The molecule has 1 rings (SSSR count). The highest BCUT2D eigenvalue weighted by molar-refractivity contribution is 5.81. The van der Waals surface area contributed by atoms with Crippen LogP contribution in [0.2, 0.25) is 0 Å². The van der Waals surface area contributed by atoms with E-state index in [2.05, 4.69) is 36.6 Å². The van der Waals surface area contributed by atoms with Crippen LogP contribution in [-0.4, -0.2) is 49.5 Å². The third kappa shape index (κ3) is 8.81. The molecule has 0 aromatic carbocycles. The van der Waals surface area contributed by atoms with Gasteiger partial charge in [-0.15, -0.1) is 0 Å². The summed E-state index contributed by atoms with van der Waals surface area (Å²) in [4.78, 5) is 12.4. The van der Waals surface area contributed by atoms with Crippen molar-refractivity contribution in [2.24, 2.45) is 5.92 Å². The third-order valence-electron chi connectivity index (χ3n) is 4.73. The summed E-state index contributed by atoms with van der Waals surface area (Å²) in [5.41, 5.74) is 0. The van der Waals surface area contributed by atoms with Gasteiger partial charge >= 0.3 is 0 Å². The first-order chi connectivity index (χ1) is 11.6. The van der Waals surface area contributed by atoms with Gasteiger partial charge in [0.15, 0.2) is 0 Å². The number of hydrogen-bond donors (Lipinski definition) is 3. The van der Waals surface area contributed by atoms with E-state index in [1.165, 1.54) is 0 Å². The Hall–Kier alpha value is -0.910. The van der Waals surface area contributed by atoms with E-state index in [1.807, 2.05) is 0 Å². The number of carbonyl (C=O) groups excluding carboxylic acids is 1. The fraction of sp³-hybridized carbons (Fsp3) is 0.842. The van der Waals surface area contributed by atoms with Crippen LogP contribution in [0.15, 0.2) is 12.2 Å². The van der Waals surface area contributed by atoms with Gasteiger partial charge in [0.1, 0.15) is 6.10 Å². The molecule has 0 spiro atoms. The van der Waals surface area contributed by atoms with E-state index in [0.29, 0.717) is 19.0 Å². The van der Waals surface area contributed by atoms with Crippen LogP contribution in [0, 0.1) is 5.92 Å². The zero-order chi connectivity index (χ0) is 17.8. The van der Waals surface area contributed by atoms with Crippen molar-refractivity contribution in [1.82, 2.24) is 10.6 Å². The highest BCUT2D eigenvalue weighted by Gasteiger charge is 2.22. The third-order valence-corrected chi connectivity index (χ3v) is 4.73. The maximum absolute atomic E-state index is 12.4. The fourth-order valence-corrected chi connectivity index (χ4v) is 2.89. The second kappa shape index (κ2) is 12.5. The Labute approximate surface area is 147 Å². The predicted octanol–water partition coefficient (Wildman–Crippen LogP) is 2.39. The summed E-state index contributed by atoms with van der Waals surface area (Å²) in [6.45, 7) is 5.70. The van der Waals surface area contributed by atoms with E-state index < -0.39 is 0 Å². The van der Waals surface area contributed by atoms with Crippen LogP contribution < -0.4 is 10.6 Å². The second-order valence-electron chi connectivity index (χ2n) is 6.92.